The fourth-order valence-electron chi connectivity index (χ4n) is 3.36. The monoisotopic (exact) mass is 479 g/mol. The van der Waals surface area contributed by atoms with Crippen LogP contribution >= 0.6 is 0 Å². The maximum Gasteiger partial charge on any atom is 0.408 e. The van der Waals surface area contributed by atoms with Gasteiger partial charge in [-0.2, -0.15) is 0 Å². The molecule has 0 fully saturated rings. The van der Waals surface area contributed by atoms with Gasteiger partial charge in [0.25, 0.3) is 11.8 Å². The minimum Gasteiger partial charge on any atom is -0.497 e. The van der Waals surface area contributed by atoms with Crippen LogP contribution in [0, 0.1) is 26.3 Å². The minimum atomic E-state index is -1.14. The van der Waals surface area contributed by atoms with E-state index in [1.165, 1.54) is 6.92 Å². The van der Waals surface area contributed by atoms with E-state index < -0.39 is 35.6 Å². The van der Waals surface area contributed by atoms with Gasteiger partial charge >= 0.3 is 6.09 Å². The molecule has 2 rings (SSSR count). The van der Waals surface area contributed by atoms with Crippen LogP contribution in [0.15, 0.2) is 42.5 Å². The quantitative estimate of drug-likeness (QED) is 0.455. The molecule has 2 aromatic carbocycles. The van der Waals surface area contributed by atoms with Gasteiger partial charge in [0.15, 0.2) is 0 Å². The smallest absolute Gasteiger partial charge is 0.408 e. The molecule has 3 amide bonds. The Hall–Kier alpha value is -3.99. The molecule has 0 saturated heterocycles. The second-order valence-electron chi connectivity index (χ2n) is 9.19. The van der Waals surface area contributed by atoms with Crippen LogP contribution in [0.25, 0.3) is 0 Å². The van der Waals surface area contributed by atoms with Crippen LogP contribution in [0.1, 0.15) is 50.4 Å². The normalized spacial score (nSPS) is 12.5. The van der Waals surface area contributed by atoms with Crippen LogP contribution in [0.5, 0.6) is 5.75 Å². The molecule has 0 radical (unpaired) electrons. The average Bonchev–Trinajstić information content (AvgIpc) is 2.77. The minimum absolute atomic E-state index is 0.500. The Labute approximate surface area is 207 Å². The first-order chi connectivity index (χ1) is 16.4. The van der Waals surface area contributed by atoms with Gasteiger partial charge in [-0.25, -0.2) is 4.79 Å². The zero-order chi connectivity index (χ0) is 26.3. The molecule has 0 aliphatic rings. The first kappa shape index (κ1) is 27.3. The number of benzene rings is 2. The summed E-state index contributed by atoms with van der Waals surface area (Å²) in [7, 11) is 1.55. The number of nitrogens with zero attached hydrogens (tertiary/aromatic N) is 1. The van der Waals surface area contributed by atoms with Crippen molar-refractivity contribution in [2.45, 2.75) is 59.2 Å². The van der Waals surface area contributed by atoms with E-state index in [2.05, 4.69) is 16.7 Å². The summed E-state index contributed by atoms with van der Waals surface area (Å²) in [5.74, 6) is -0.495. The lowest BCUT2D eigenvalue weighted by Crippen LogP contribution is -2.49. The Morgan fingerprint density at radius 2 is 1.69 bits per heavy atom. The maximum atomic E-state index is 13.5. The zero-order valence-electron chi connectivity index (χ0n) is 21.3. The summed E-state index contributed by atoms with van der Waals surface area (Å²) in [4.78, 5) is 40.1. The fourth-order valence-corrected chi connectivity index (χ4v) is 3.36. The van der Waals surface area contributed by atoms with E-state index in [1.807, 2.05) is 32.0 Å². The molecule has 2 unspecified atom stereocenters. The SMILES string of the molecule is C#CN(C(=O)C(C)NC(=O)OC(C)(C)C)C(C(=O)Nc1ccc(OC)cc1)c1cc(C)ccc1C. The summed E-state index contributed by atoms with van der Waals surface area (Å²) >= 11 is 0. The Kier molecular flexibility index (Phi) is 8.90. The average molecular weight is 480 g/mol. The summed E-state index contributed by atoms with van der Waals surface area (Å²) in [6, 6.07) is 12.5. The lowest BCUT2D eigenvalue weighted by molar-refractivity contribution is -0.136. The third kappa shape index (κ3) is 7.51. The molecular weight excluding hydrogens is 446 g/mol. The van der Waals surface area contributed by atoms with E-state index >= 15 is 0 Å². The standard InChI is InChI=1S/C27H33N3O5/c1-9-30(25(32)19(4)28-26(33)35-27(5,6)7)23(22-16-17(2)10-11-18(22)3)24(31)29-20-12-14-21(34-8)15-13-20/h1,10-16,19,23H,2-8H3,(H,28,33)(H,29,31). The molecule has 0 aliphatic heterocycles. The van der Waals surface area contributed by atoms with E-state index in [1.54, 1.807) is 52.1 Å². The van der Waals surface area contributed by atoms with Crippen molar-refractivity contribution < 1.29 is 23.9 Å². The van der Waals surface area contributed by atoms with E-state index in [4.69, 9.17) is 15.9 Å². The Bertz CT molecular complexity index is 1110. The number of nitrogens with one attached hydrogen (secondary N) is 2. The molecule has 35 heavy (non-hydrogen) atoms. The number of hydrogen-bond donors (Lipinski definition) is 2. The number of methoxy groups -OCH3 is 1. The topological polar surface area (TPSA) is 97.0 Å². The predicted molar refractivity (Wildman–Crippen MR) is 135 cm³/mol. The van der Waals surface area contributed by atoms with Gasteiger partial charge in [0.05, 0.1) is 7.11 Å². The number of aryl methyl sites for hydroxylation is 2. The van der Waals surface area contributed by atoms with Crippen molar-refractivity contribution in [3.63, 3.8) is 0 Å². The van der Waals surface area contributed by atoms with Crippen LogP contribution in [0.2, 0.25) is 0 Å². The highest BCUT2D eigenvalue weighted by molar-refractivity contribution is 5.99. The van der Waals surface area contributed by atoms with Gasteiger partial charge in [0.1, 0.15) is 23.4 Å². The van der Waals surface area contributed by atoms with Gasteiger partial charge in [-0.15, -0.1) is 0 Å². The molecular formula is C27H33N3O5. The van der Waals surface area contributed by atoms with Crippen molar-refractivity contribution in [3.05, 3.63) is 59.2 Å². The molecule has 0 aromatic heterocycles. The van der Waals surface area contributed by atoms with Gasteiger partial charge in [0.2, 0.25) is 0 Å². The van der Waals surface area contributed by atoms with Gasteiger partial charge in [-0.05, 0) is 76.9 Å². The van der Waals surface area contributed by atoms with Crippen molar-refractivity contribution in [2.24, 2.45) is 0 Å². The summed E-state index contributed by atoms with van der Waals surface area (Å²) in [5.41, 5.74) is 2.03. The summed E-state index contributed by atoms with van der Waals surface area (Å²) in [5, 5.41) is 5.31. The van der Waals surface area contributed by atoms with E-state index in [-0.39, 0.29) is 0 Å². The number of terminal acetylenes is 1. The largest absolute Gasteiger partial charge is 0.497 e. The molecule has 186 valence electrons. The highest BCUT2D eigenvalue weighted by atomic mass is 16.6. The van der Waals surface area contributed by atoms with Gasteiger partial charge in [0, 0.05) is 11.7 Å². The zero-order valence-corrected chi connectivity index (χ0v) is 21.3. The third-order valence-electron chi connectivity index (χ3n) is 5.07. The molecule has 0 bridgehead atoms. The molecule has 0 aliphatic carbocycles. The molecule has 8 nitrogen and oxygen atoms in total. The Balaban J connectivity index is 2.40. The number of amides is 3. The second kappa shape index (κ2) is 11.4. The lowest BCUT2D eigenvalue weighted by atomic mass is 9.96. The van der Waals surface area contributed by atoms with E-state index in [0.717, 1.165) is 16.0 Å². The maximum absolute atomic E-state index is 13.5. The Morgan fingerprint density at radius 1 is 1.06 bits per heavy atom. The Morgan fingerprint density at radius 3 is 2.23 bits per heavy atom. The number of hydrogen-bond acceptors (Lipinski definition) is 5. The van der Waals surface area contributed by atoms with Crippen LogP contribution in [0.3, 0.4) is 0 Å². The van der Waals surface area contributed by atoms with E-state index in [0.29, 0.717) is 17.0 Å². The number of carbonyl (C=O) groups excluding carboxylic acids is 3. The highest BCUT2D eigenvalue weighted by Crippen LogP contribution is 2.28. The number of ether oxygens (including phenoxy) is 2. The predicted octanol–water partition coefficient (Wildman–Crippen LogP) is 4.32. The first-order valence-electron chi connectivity index (χ1n) is 11.2. The summed E-state index contributed by atoms with van der Waals surface area (Å²) < 4.78 is 10.4. The van der Waals surface area contributed by atoms with Crippen LogP contribution < -0.4 is 15.4 Å². The fraction of sp³-hybridized carbons (Fsp3) is 0.370. The summed E-state index contributed by atoms with van der Waals surface area (Å²) in [6.07, 6.45) is 4.99. The van der Waals surface area contributed by atoms with Crippen molar-refractivity contribution in [2.75, 3.05) is 12.4 Å². The van der Waals surface area contributed by atoms with Crippen molar-refractivity contribution in [1.82, 2.24) is 10.2 Å². The molecule has 2 aromatic rings. The number of rotatable bonds is 7. The lowest BCUT2D eigenvalue weighted by Gasteiger charge is -2.30. The highest BCUT2D eigenvalue weighted by Gasteiger charge is 2.35. The number of anilines is 1. The summed E-state index contributed by atoms with van der Waals surface area (Å²) in [6.45, 7) is 10.4. The number of carbonyl (C=O) groups is 3. The molecule has 0 spiro atoms. The molecule has 2 atom stereocenters. The van der Waals surface area contributed by atoms with Crippen molar-refractivity contribution >= 4 is 23.6 Å². The van der Waals surface area contributed by atoms with Gasteiger partial charge in [-0.3, -0.25) is 14.5 Å². The molecule has 2 N–H and O–H groups in total. The van der Waals surface area contributed by atoms with Gasteiger partial charge in [-0.1, -0.05) is 30.2 Å². The van der Waals surface area contributed by atoms with Crippen LogP contribution in [0.4, 0.5) is 10.5 Å². The number of alkyl carbamates (subject to hydrolysis) is 1. The van der Waals surface area contributed by atoms with Crippen molar-refractivity contribution in [3.8, 4) is 18.2 Å². The van der Waals surface area contributed by atoms with E-state index in [9.17, 15) is 14.4 Å². The van der Waals surface area contributed by atoms with Crippen LogP contribution in [-0.2, 0) is 14.3 Å². The van der Waals surface area contributed by atoms with Crippen molar-refractivity contribution in [1.29, 1.82) is 0 Å². The van der Waals surface area contributed by atoms with Crippen LogP contribution in [-0.4, -0.2) is 41.6 Å². The van der Waals surface area contributed by atoms with Gasteiger partial charge < -0.3 is 20.1 Å². The molecule has 0 saturated carbocycles. The first-order valence-corrected chi connectivity index (χ1v) is 11.2. The third-order valence-corrected chi connectivity index (χ3v) is 5.07. The second-order valence-corrected chi connectivity index (χ2v) is 9.19. The molecule has 0 heterocycles. The molecule has 8 heteroatoms.